The lowest BCUT2D eigenvalue weighted by Gasteiger charge is -2.31. The Hall–Kier alpha value is -4.86. The van der Waals surface area contributed by atoms with Crippen LogP contribution < -0.4 is 21.3 Å². The molecule has 0 radical (unpaired) electrons. The van der Waals surface area contributed by atoms with Gasteiger partial charge in [-0.15, -0.1) is 0 Å². The number of hydrogen-bond donors (Lipinski definition) is 4. The summed E-state index contributed by atoms with van der Waals surface area (Å²) < 4.78 is 11.2. The highest BCUT2D eigenvalue weighted by molar-refractivity contribution is 6.00. The minimum atomic E-state index is -0.444. The van der Waals surface area contributed by atoms with Gasteiger partial charge in [0.2, 0.25) is 0 Å². The molecule has 4 N–H and O–H groups in total. The van der Waals surface area contributed by atoms with Gasteiger partial charge < -0.3 is 30.7 Å². The molecular weight excluding hydrogens is 552 g/mol. The first-order valence-electron chi connectivity index (χ1n) is 14.5. The van der Waals surface area contributed by atoms with E-state index in [1.807, 2.05) is 18.2 Å². The zero-order valence-electron chi connectivity index (χ0n) is 24.3. The Morgan fingerprint density at radius 1 is 0.837 bits per heavy atom. The number of ether oxygens (including phenoxy) is 2. The molecule has 0 spiro atoms. The van der Waals surface area contributed by atoms with Crippen molar-refractivity contribution >= 4 is 29.3 Å². The number of methoxy groups -OCH3 is 2. The number of nitrogens with zero attached hydrogens (tertiary/aromatic N) is 4. The SMILES string of the molecule is COC(=O)NC1CCC(NC(=O)c2cnc(-c3ccc4cc(C#N)cnn34)cc2N[C@H]2CC[C@H](NC(=O)OC)CC2)CC1. The number of aromatic nitrogens is 3. The van der Waals surface area contributed by atoms with Crippen molar-refractivity contribution in [3.63, 3.8) is 0 Å². The Labute approximate surface area is 249 Å². The van der Waals surface area contributed by atoms with Gasteiger partial charge in [0.25, 0.3) is 5.91 Å². The lowest BCUT2D eigenvalue weighted by Crippen LogP contribution is -2.44. The second-order valence-electron chi connectivity index (χ2n) is 11.0. The number of anilines is 1. The molecule has 0 aromatic carbocycles. The third kappa shape index (κ3) is 7.14. The highest BCUT2D eigenvalue weighted by atomic mass is 16.5. The van der Waals surface area contributed by atoms with Crippen LogP contribution in [0.4, 0.5) is 15.3 Å². The van der Waals surface area contributed by atoms with E-state index in [1.165, 1.54) is 20.4 Å². The summed E-state index contributed by atoms with van der Waals surface area (Å²) in [4.78, 5) is 41.4. The summed E-state index contributed by atoms with van der Waals surface area (Å²) in [5, 5.41) is 26.1. The fourth-order valence-electron chi connectivity index (χ4n) is 5.85. The van der Waals surface area contributed by atoms with Gasteiger partial charge in [-0.2, -0.15) is 10.4 Å². The Balaban J connectivity index is 1.34. The molecule has 13 nitrogen and oxygen atoms in total. The summed E-state index contributed by atoms with van der Waals surface area (Å²) in [5.41, 5.74) is 3.70. The van der Waals surface area contributed by atoms with E-state index in [2.05, 4.69) is 37.4 Å². The number of nitrogens with one attached hydrogen (secondary N) is 4. The molecule has 5 rings (SSSR count). The first kappa shape index (κ1) is 29.6. The normalized spacial score (nSPS) is 21.7. The van der Waals surface area contributed by atoms with E-state index >= 15 is 0 Å². The number of carbonyl (C=O) groups excluding carboxylic acids is 3. The maximum absolute atomic E-state index is 13.6. The van der Waals surface area contributed by atoms with Crippen LogP contribution in [0.25, 0.3) is 16.9 Å². The number of amides is 3. The first-order chi connectivity index (χ1) is 20.9. The van der Waals surface area contributed by atoms with Crippen molar-refractivity contribution in [3.8, 4) is 17.5 Å². The Morgan fingerprint density at radius 3 is 2.00 bits per heavy atom. The van der Waals surface area contributed by atoms with Crippen LogP contribution in [0.15, 0.2) is 36.7 Å². The molecule has 3 aromatic rings. The largest absolute Gasteiger partial charge is 0.453 e. The van der Waals surface area contributed by atoms with Crippen molar-refractivity contribution in [1.29, 1.82) is 5.26 Å². The maximum Gasteiger partial charge on any atom is 0.407 e. The summed E-state index contributed by atoms with van der Waals surface area (Å²) in [6.45, 7) is 0. The zero-order chi connectivity index (χ0) is 30.3. The van der Waals surface area contributed by atoms with Crippen LogP contribution >= 0.6 is 0 Å². The van der Waals surface area contributed by atoms with Crippen LogP contribution in [0.2, 0.25) is 0 Å². The van der Waals surface area contributed by atoms with E-state index in [4.69, 9.17) is 9.47 Å². The number of alkyl carbamates (subject to hydrolysis) is 2. The van der Waals surface area contributed by atoms with Crippen LogP contribution in [0.5, 0.6) is 0 Å². The fourth-order valence-corrected chi connectivity index (χ4v) is 5.85. The average Bonchev–Trinajstić information content (AvgIpc) is 3.46. The van der Waals surface area contributed by atoms with Gasteiger partial charge in [0, 0.05) is 30.4 Å². The molecule has 3 aromatic heterocycles. The molecule has 3 heterocycles. The predicted octanol–water partition coefficient (Wildman–Crippen LogP) is 3.74. The summed E-state index contributed by atoms with van der Waals surface area (Å²) in [6, 6.07) is 9.63. The second kappa shape index (κ2) is 13.4. The lowest BCUT2D eigenvalue weighted by molar-refractivity contribution is 0.0922. The van der Waals surface area contributed by atoms with E-state index < -0.39 is 12.2 Å². The molecule has 43 heavy (non-hydrogen) atoms. The predicted molar refractivity (Wildman–Crippen MR) is 157 cm³/mol. The van der Waals surface area contributed by atoms with Gasteiger partial charge in [-0.3, -0.25) is 9.78 Å². The van der Waals surface area contributed by atoms with Crippen LogP contribution in [0, 0.1) is 11.3 Å². The van der Waals surface area contributed by atoms with Crippen LogP contribution in [-0.4, -0.2) is 71.1 Å². The molecule has 0 unspecified atom stereocenters. The molecule has 0 bridgehead atoms. The Morgan fingerprint density at radius 2 is 1.42 bits per heavy atom. The average molecular weight is 589 g/mol. The Bertz CT molecular complexity index is 1520. The van der Waals surface area contributed by atoms with Crippen molar-refractivity contribution < 1.29 is 23.9 Å². The van der Waals surface area contributed by atoms with E-state index in [0.29, 0.717) is 22.5 Å². The number of pyridine rings is 1. The monoisotopic (exact) mass is 588 g/mol. The summed E-state index contributed by atoms with van der Waals surface area (Å²) in [5.74, 6) is -0.219. The zero-order valence-corrected chi connectivity index (χ0v) is 24.3. The summed E-state index contributed by atoms with van der Waals surface area (Å²) in [7, 11) is 2.70. The fraction of sp³-hybridized carbons (Fsp3) is 0.467. The molecule has 0 atom stereocenters. The molecule has 3 amide bonds. The molecular formula is C30H36N8O5. The number of nitriles is 1. The summed E-state index contributed by atoms with van der Waals surface area (Å²) in [6.07, 6.45) is 8.34. The molecule has 2 fully saturated rings. The van der Waals surface area contributed by atoms with E-state index in [0.717, 1.165) is 62.6 Å². The van der Waals surface area contributed by atoms with Crippen LogP contribution in [-0.2, 0) is 9.47 Å². The molecule has 226 valence electrons. The highest BCUT2D eigenvalue weighted by Crippen LogP contribution is 2.29. The van der Waals surface area contributed by atoms with E-state index in [1.54, 1.807) is 16.8 Å². The van der Waals surface area contributed by atoms with Crippen LogP contribution in [0.1, 0.15) is 67.3 Å². The lowest BCUT2D eigenvalue weighted by atomic mass is 9.90. The number of carbonyl (C=O) groups is 3. The third-order valence-corrected chi connectivity index (χ3v) is 8.20. The van der Waals surface area contributed by atoms with E-state index in [9.17, 15) is 19.6 Å². The highest BCUT2D eigenvalue weighted by Gasteiger charge is 2.27. The van der Waals surface area contributed by atoms with Crippen molar-refractivity contribution in [2.24, 2.45) is 0 Å². The summed E-state index contributed by atoms with van der Waals surface area (Å²) >= 11 is 0. The molecule has 13 heteroatoms. The first-order valence-corrected chi connectivity index (χ1v) is 14.5. The second-order valence-corrected chi connectivity index (χ2v) is 11.0. The van der Waals surface area contributed by atoms with Gasteiger partial charge in [-0.25, -0.2) is 14.1 Å². The van der Waals surface area contributed by atoms with Gasteiger partial charge in [0.15, 0.2) is 0 Å². The molecule has 2 saturated carbocycles. The smallest absolute Gasteiger partial charge is 0.407 e. The van der Waals surface area contributed by atoms with Gasteiger partial charge in [0.1, 0.15) is 6.07 Å². The van der Waals surface area contributed by atoms with Crippen molar-refractivity contribution in [2.45, 2.75) is 75.5 Å². The number of fused-ring (bicyclic) bond motifs is 1. The quantitative estimate of drug-likeness (QED) is 0.321. The van der Waals surface area contributed by atoms with E-state index in [-0.39, 0.29) is 30.1 Å². The van der Waals surface area contributed by atoms with Gasteiger partial charge in [-0.1, -0.05) is 0 Å². The van der Waals surface area contributed by atoms with Gasteiger partial charge in [0.05, 0.1) is 54.1 Å². The molecule has 0 aliphatic heterocycles. The van der Waals surface area contributed by atoms with Crippen molar-refractivity contribution in [1.82, 2.24) is 30.5 Å². The molecule has 2 aliphatic carbocycles. The Kier molecular flexibility index (Phi) is 9.24. The van der Waals surface area contributed by atoms with Crippen molar-refractivity contribution in [2.75, 3.05) is 19.5 Å². The minimum Gasteiger partial charge on any atom is -0.453 e. The third-order valence-electron chi connectivity index (χ3n) is 8.20. The standard InChI is InChI=1S/C30H36N8O5/c1-42-29(40)36-21-7-3-19(4-8-21)34-25-14-26(27-12-11-23-13-18(15-31)16-33-38(23)27)32-17-24(25)28(39)35-20-5-9-22(10-6-20)37-30(41)43-2/h11-14,16-17,19-22H,3-10H2,1-2H3,(H,32,34)(H,35,39)(H,36,40)(H,37,41)/t19-,20?,21-,22?. The minimum absolute atomic E-state index is 0.0244. The van der Waals surface area contributed by atoms with Gasteiger partial charge >= 0.3 is 12.2 Å². The van der Waals surface area contributed by atoms with Crippen molar-refractivity contribution in [3.05, 3.63) is 47.8 Å². The van der Waals surface area contributed by atoms with Crippen LogP contribution in [0.3, 0.4) is 0 Å². The molecule has 0 saturated heterocycles. The molecule has 2 aliphatic rings. The number of hydrogen-bond acceptors (Lipinski definition) is 9. The number of rotatable bonds is 7. The topological polar surface area (TPSA) is 172 Å². The maximum atomic E-state index is 13.6. The van der Waals surface area contributed by atoms with Gasteiger partial charge in [-0.05, 0) is 75.6 Å².